The van der Waals surface area contributed by atoms with Crippen LogP contribution < -0.4 is 5.32 Å². The Hall–Kier alpha value is -2.66. The van der Waals surface area contributed by atoms with Crippen molar-refractivity contribution >= 4 is 34.9 Å². The summed E-state index contributed by atoms with van der Waals surface area (Å²) >= 11 is 5.82. The van der Waals surface area contributed by atoms with E-state index in [-0.39, 0.29) is 18.2 Å². The van der Waals surface area contributed by atoms with E-state index in [4.69, 9.17) is 21.7 Å². The number of amides is 1. The third kappa shape index (κ3) is 3.10. The summed E-state index contributed by atoms with van der Waals surface area (Å²) in [5, 5.41) is 11.2. The number of esters is 1. The molecule has 1 fully saturated rings. The molecule has 6 heteroatoms. The molecule has 1 atom stereocenters. The lowest BCUT2D eigenvalue weighted by molar-refractivity contribution is -0.132. The Morgan fingerprint density at radius 1 is 1.17 bits per heavy atom. The maximum atomic E-state index is 12.3. The zero-order valence-corrected chi connectivity index (χ0v) is 12.8. The molecule has 1 aliphatic heterocycles. The lowest BCUT2D eigenvalue weighted by Crippen LogP contribution is -2.17. The highest BCUT2D eigenvalue weighted by molar-refractivity contribution is 6.39. The largest absolute Gasteiger partial charge is 0.460 e. The summed E-state index contributed by atoms with van der Waals surface area (Å²) in [6.45, 7) is 0.117. The van der Waals surface area contributed by atoms with Gasteiger partial charge in [-0.1, -0.05) is 29.8 Å². The Morgan fingerprint density at radius 2 is 1.87 bits per heavy atom. The van der Waals surface area contributed by atoms with Crippen LogP contribution >= 0.6 is 11.6 Å². The highest BCUT2D eigenvalue weighted by Crippen LogP contribution is 2.30. The number of anilines is 1. The number of nitrogens with one attached hydrogen (secondary N) is 2. The monoisotopic (exact) mass is 328 g/mol. The second kappa shape index (κ2) is 6.22. The molecule has 0 aliphatic carbocycles. The predicted octanol–water partition coefficient (Wildman–Crippen LogP) is 3.25. The number of rotatable bonds is 3. The molecule has 116 valence electrons. The molecule has 0 saturated carbocycles. The minimum Gasteiger partial charge on any atom is -0.460 e. The lowest BCUT2D eigenvalue weighted by Gasteiger charge is -2.14. The normalized spacial score (nSPS) is 17.0. The fourth-order valence-corrected chi connectivity index (χ4v) is 2.54. The Balaban J connectivity index is 1.86. The van der Waals surface area contributed by atoms with Crippen LogP contribution in [0.25, 0.3) is 0 Å². The van der Waals surface area contributed by atoms with E-state index in [1.807, 2.05) is 0 Å². The van der Waals surface area contributed by atoms with Crippen LogP contribution in [0, 0.1) is 5.41 Å². The summed E-state index contributed by atoms with van der Waals surface area (Å²) in [4.78, 5) is 23.7. The minimum absolute atomic E-state index is 0.0989. The molecule has 5 nitrogen and oxygen atoms in total. The van der Waals surface area contributed by atoms with E-state index in [1.165, 1.54) is 0 Å². The molecule has 0 aromatic heterocycles. The minimum atomic E-state index is -0.617. The van der Waals surface area contributed by atoms with Gasteiger partial charge in [0, 0.05) is 16.3 Å². The van der Waals surface area contributed by atoms with Crippen LogP contribution in [0.1, 0.15) is 21.8 Å². The average molecular weight is 329 g/mol. The van der Waals surface area contributed by atoms with Crippen LogP contribution in [0.5, 0.6) is 0 Å². The van der Waals surface area contributed by atoms with Gasteiger partial charge < -0.3 is 10.1 Å². The Labute approximate surface area is 137 Å². The first-order valence-electron chi connectivity index (χ1n) is 6.97. The predicted molar refractivity (Wildman–Crippen MR) is 87.3 cm³/mol. The topological polar surface area (TPSA) is 79.2 Å². The first-order chi connectivity index (χ1) is 11.1. The Morgan fingerprint density at radius 3 is 2.52 bits per heavy atom. The average Bonchev–Trinajstić information content (AvgIpc) is 2.88. The second-order valence-electron chi connectivity index (χ2n) is 5.11. The molecule has 2 aromatic rings. The van der Waals surface area contributed by atoms with E-state index >= 15 is 0 Å². The Kier molecular flexibility index (Phi) is 4.12. The van der Waals surface area contributed by atoms with Gasteiger partial charge in [-0.15, -0.1) is 0 Å². The van der Waals surface area contributed by atoms with Crippen molar-refractivity contribution < 1.29 is 14.3 Å². The van der Waals surface area contributed by atoms with E-state index < -0.39 is 11.9 Å². The molecular formula is C17H13ClN2O3. The third-order valence-electron chi connectivity index (χ3n) is 3.64. The molecule has 1 unspecified atom stereocenters. The lowest BCUT2D eigenvalue weighted by atomic mass is 9.95. The molecule has 1 saturated heterocycles. The van der Waals surface area contributed by atoms with Gasteiger partial charge in [-0.25, -0.2) is 4.79 Å². The van der Waals surface area contributed by atoms with E-state index in [9.17, 15) is 9.59 Å². The van der Waals surface area contributed by atoms with E-state index in [0.29, 0.717) is 21.8 Å². The number of cyclic esters (lactones) is 1. The second-order valence-corrected chi connectivity index (χ2v) is 5.55. The Bertz CT molecular complexity index is 787. The molecule has 2 N–H and O–H groups in total. The zero-order chi connectivity index (χ0) is 16.4. The van der Waals surface area contributed by atoms with Crippen LogP contribution in [0.15, 0.2) is 48.5 Å². The summed E-state index contributed by atoms with van der Waals surface area (Å²) < 4.78 is 4.90. The van der Waals surface area contributed by atoms with Gasteiger partial charge in [0.2, 0.25) is 0 Å². The molecule has 1 aliphatic rings. The number of benzene rings is 2. The SMILES string of the molecule is N=C1C(=O)OCC1c1ccccc1NC(=O)c1ccc(Cl)cc1. The van der Waals surface area contributed by atoms with Gasteiger partial charge in [-0.3, -0.25) is 10.2 Å². The van der Waals surface area contributed by atoms with E-state index in [1.54, 1.807) is 48.5 Å². The van der Waals surface area contributed by atoms with Crippen molar-refractivity contribution in [2.45, 2.75) is 5.92 Å². The fraction of sp³-hybridized carbons (Fsp3) is 0.118. The van der Waals surface area contributed by atoms with Gasteiger partial charge in [-0.2, -0.15) is 0 Å². The molecule has 1 amide bonds. The van der Waals surface area contributed by atoms with Gasteiger partial charge in [0.15, 0.2) is 0 Å². The van der Waals surface area contributed by atoms with Gasteiger partial charge in [-0.05, 0) is 35.9 Å². The number of carbonyl (C=O) groups excluding carboxylic acids is 2. The summed E-state index contributed by atoms with van der Waals surface area (Å²) in [5.41, 5.74) is 1.61. The highest BCUT2D eigenvalue weighted by atomic mass is 35.5. The molecule has 1 heterocycles. The molecular weight excluding hydrogens is 316 g/mol. The van der Waals surface area contributed by atoms with Crippen molar-refractivity contribution in [1.82, 2.24) is 0 Å². The van der Waals surface area contributed by atoms with Gasteiger partial charge in [0.05, 0.1) is 5.92 Å². The molecule has 23 heavy (non-hydrogen) atoms. The van der Waals surface area contributed by atoms with Crippen LogP contribution in [0.4, 0.5) is 5.69 Å². The quantitative estimate of drug-likeness (QED) is 0.849. The van der Waals surface area contributed by atoms with Crippen molar-refractivity contribution in [3.63, 3.8) is 0 Å². The van der Waals surface area contributed by atoms with Crippen LogP contribution in [0.3, 0.4) is 0 Å². The number of carbonyl (C=O) groups is 2. The first kappa shape index (κ1) is 15.2. The third-order valence-corrected chi connectivity index (χ3v) is 3.89. The van der Waals surface area contributed by atoms with Crippen LogP contribution in [-0.2, 0) is 9.53 Å². The van der Waals surface area contributed by atoms with Crippen molar-refractivity contribution in [2.24, 2.45) is 0 Å². The van der Waals surface area contributed by atoms with Crippen molar-refractivity contribution in [1.29, 1.82) is 5.41 Å². The molecule has 0 bridgehead atoms. The molecule has 3 rings (SSSR count). The maximum Gasteiger partial charge on any atom is 0.352 e. The number of hydrogen-bond acceptors (Lipinski definition) is 4. The summed E-state index contributed by atoms with van der Waals surface area (Å²) in [7, 11) is 0. The van der Waals surface area contributed by atoms with Crippen LogP contribution in [0.2, 0.25) is 5.02 Å². The van der Waals surface area contributed by atoms with E-state index in [0.717, 1.165) is 0 Å². The smallest absolute Gasteiger partial charge is 0.352 e. The standard InChI is InChI=1S/C17H13ClN2O3/c18-11-7-5-10(6-8-11)16(21)20-14-4-2-1-3-12(14)13-9-23-17(22)15(13)19/h1-8,13,19H,9H2,(H,20,21). The number of para-hydroxylation sites is 1. The zero-order valence-electron chi connectivity index (χ0n) is 12.0. The fourth-order valence-electron chi connectivity index (χ4n) is 2.42. The maximum absolute atomic E-state index is 12.3. The number of halogens is 1. The van der Waals surface area contributed by atoms with Gasteiger partial charge >= 0.3 is 5.97 Å². The van der Waals surface area contributed by atoms with Crippen molar-refractivity contribution in [3.8, 4) is 0 Å². The summed E-state index contributed by atoms with van der Waals surface area (Å²) in [6.07, 6.45) is 0. The molecule has 0 spiro atoms. The number of hydrogen-bond donors (Lipinski definition) is 2. The van der Waals surface area contributed by atoms with Crippen molar-refractivity contribution in [3.05, 3.63) is 64.7 Å². The van der Waals surface area contributed by atoms with Crippen molar-refractivity contribution in [2.75, 3.05) is 11.9 Å². The highest BCUT2D eigenvalue weighted by Gasteiger charge is 2.33. The molecule has 2 aromatic carbocycles. The summed E-state index contributed by atoms with van der Waals surface area (Å²) in [6, 6.07) is 13.6. The van der Waals surface area contributed by atoms with E-state index in [2.05, 4.69) is 5.32 Å². The first-order valence-corrected chi connectivity index (χ1v) is 7.35. The van der Waals surface area contributed by atoms with Gasteiger partial charge in [0.25, 0.3) is 5.91 Å². The van der Waals surface area contributed by atoms with Crippen LogP contribution in [-0.4, -0.2) is 24.2 Å². The summed E-state index contributed by atoms with van der Waals surface area (Å²) in [5.74, 6) is -1.37. The molecule has 0 radical (unpaired) electrons. The number of ether oxygens (including phenoxy) is 1. The van der Waals surface area contributed by atoms with Gasteiger partial charge in [0.1, 0.15) is 12.3 Å².